The van der Waals surface area contributed by atoms with E-state index in [9.17, 15) is 8.42 Å². The van der Waals surface area contributed by atoms with E-state index in [0.717, 1.165) is 39.9 Å². The number of rotatable bonds is 9. The number of nitrogens with one attached hydrogen (secondary N) is 2. The quantitative estimate of drug-likeness (QED) is 0.265. The zero-order valence-corrected chi connectivity index (χ0v) is 22.6. The fourth-order valence-electron chi connectivity index (χ4n) is 4.46. The van der Waals surface area contributed by atoms with Crippen molar-refractivity contribution in [3.8, 4) is 0 Å². The van der Waals surface area contributed by atoms with Crippen LogP contribution in [0, 0.1) is 0 Å². The van der Waals surface area contributed by atoms with Gasteiger partial charge in [-0.05, 0) is 42.0 Å². The molecule has 0 saturated heterocycles. The first-order chi connectivity index (χ1) is 19.4. The molecule has 0 bridgehead atoms. The lowest BCUT2D eigenvalue weighted by Crippen LogP contribution is -2.31. The summed E-state index contributed by atoms with van der Waals surface area (Å²) in [6, 6.07) is 22.3. The number of sulfone groups is 1. The first-order valence-corrected chi connectivity index (χ1v) is 14.8. The molecule has 0 aliphatic carbocycles. The second kappa shape index (κ2) is 10.7. The Hall–Kier alpha value is -4.84. The highest BCUT2D eigenvalue weighted by molar-refractivity contribution is 7.90. The SMILES string of the molecule is CS(=O)(=O)CCN=CC1=NNN(c2ccc3ncnc(Nc4ccc5c(c4)ncn5Cc4ccccc4)c3c2)C1. The summed E-state index contributed by atoms with van der Waals surface area (Å²) in [6.07, 6.45) is 6.21. The number of imidazole rings is 1. The van der Waals surface area contributed by atoms with Gasteiger partial charge in [-0.3, -0.25) is 10.0 Å². The van der Waals surface area contributed by atoms with Crippen LogP contribution >= 0.6 is 0 Å². The first kappa shape index (κ1) is 25.4. The Morgan fingerprint density at radius 3 is 2.75 bits per heavy atom. The minimum atomic E-state index is -3.05. The van der Waals surface area contributed by atoms with Crippen LogP contribution < -0.4 is 15.9 Å². The molecule has 40 heavy (non-hydrogen) atoms. The van der Waals surface area contributed by atoms with Gasteiger partial charge in [-0.1, -0.05) is 30.3 Å². The first-order valence-electron chi connectivity index (χ1n) is 12.7. The maximum absolute atomic E-state index is 11.3. The van der Waals surface area contributed by atoms with Crippen LogP contribution in [0.3, 0.4) is 0 Å². The van der Waals surface area contributed by atoms with Crippen molar-refractivity contribution in [3.05, 3.63) is 84.9 Å². The normalized spacial score (nSPS) is 13.7. The minimum Gasteiger partial charge on any atom is -0.340 e. The van der Waals surface area contributed by atoms with E-state index in [1.165, 1.54) is 11.8 Å². The average Bonchev–Trinajstić information content (AvgIpc) is 3.58. The Morgan fingerprint density at radius 1 is 1.02 bits per heavy atom. The van der Waals surface area contributed by atoms with Gasteiger partial charge in [0.25, 0.3) is 0 Å². The fraction of sp³-hybridized carbons (Fsp3) is 0.179. The third-order valence-corrected chi connectivity index (χ3v) is 7.40. The predicted molar refractivity (Wildman–Crippen MR) is 159 cm³/mol. The number of hydrogen-bond acceptors (Lipinski definition) is 10. The summed E-state index contributed by atoms with van der Waals surface area (Å²) in [5.74, 6) is 0.689. The van der Waals surface area contributed by atoms with Crippen molar-refractivity contribution in [2.24, 2.45) is 10.1 Å². The smallest absolute Gasteiger partial charge is 0.149 e. The molecule has 12 heteroatoms. The highest BCUT2D eigenvalue weighted by Crippen LogP contribution is 2.29. The Morgan fingerprint density at radius 2 is 1.90 bits per heavy atom. The highest BCUT2D eigenvalue weighted by Gasteiger charge is 2.17. The third-order valence-electron chi connectivity index (χ3n) is 6.48. The third kappa shape index (κ3) is 5.76. The lowest BCUT2D eigenvalue weighted by Gasteiger charge is -2.18. The average molecular weight is 554 g/mol. The number of hydrazine groups is 1. The van der Waals surface area contributed by atoms with E-state index in [4.69, 9.17) is 0 Å². The van der Waals surface area contributed by atoms with Crippen LogP contribution in [0.15, 0.2) is 89.5 Å². The number of benzene rings is 3. The Labute approximate surface area is 231 Å². The summed E-state index contributed by atoms with van der Waals surface area (Å²) in [7, 11) is -3.05. The molecule has 6 rings (SSSR count). The van der Waals surface area contributed by atoms with Crippen molar-refractivity contribution in [2.45, 2.75) is 6.54 Å². The van der Waals surface area contributed by atoms with Gasteiger partial charge in [0.2, 0.25) is 0 Å². The molecule has 0 spiro atoms. The molecule has 0 fully saturated rings. The predicted octanol–water partition coefficient (Wildman–Crippen LogP) is 3.57. The molecule has 2 N–H and O–H groups in total. The lowest BCUT2D eigenvalue weighted by molar-refractivity contribution is 0.601. The van der Waals surface area contributed by atoms with Crippen LogP contribution in [0.5, 0.6) is 0 Å². The Bertz CT molecular complexity index is 1850. The van der Waals surface area contributed by atoms with E-state index in [1.54, 1.807) is 12.5 Å². The molecule has 3 aromatic carbocycles. The Kier molecular flexibility index (Phi) is 6.83. The van der Waals surface area contributed by atoms with Crippen LogP contribution in [0.2, 0.25) is 0 Å². The minimum absolute atomic E-state index is 0.0108. The number of fused-ring (bicyclic) bond motifs is 2. The maximum Gasteiger partial charge on any atom is 0.149 e. The summed E-state index contributed by atoms with van der Waals surface area (Å²) in [6.45, 7) is 1.44. The van der Waals surface area contributed by atoms with Crippen LogP contribution in [-0.2, 0) is 16.4 Å². The zero-order valence-electron chi connectivity index (χ0n) is 21.8. The molecule has 5 aromatic rings. The van der Waals surface area contributed by atoms with Crippen molar-refractivity contribution >= 4 is 60.9 Å². The standard InChI is InChI=1S/C28H27N9O2S/c1-40(38,39)12-11-29-15-22-17-37(35-34-22)23-8-9-25-24(14-23)28(31-18-30-25)33-21-7-10-27-26(13-21)32-19-36(27)16-20-5-3-2-4-6-20/h2-10,13-15,18-19,35H,11-12,16-17H2,1H3,(H,30,31,33). The molecular weight excluding hydrogens is 526 g/mol. The largest absolute Gasteiger partial charge is 0.340 e. The number of hydrazone groups is 1. The van der Waals surface area contributed by atoms with Gasteiger partial charge >= 0.3 is 0 Å². The van der Waals surface area contributed by atoms with E-state index >= 15 is 0 Å². The second-order valence-electron chi connectivity index (χ2n) is 9.56. The molecule has 0 atom stereocenters. The number of nitrogens with zero attached hydrogens (tertiary/aromatic N) is 7. The summed E-state index contributed by atoms with van der Waals surface area (Å²) < 4.78 is 24.7. The van der Waals surface area contributed by atoms with Crippen LogP contribution in [0.4, 0.5) is 17.2 Å². The van der Waals surface area contributed by atoms with Crippen molar-refractivity contribution in [1.82, 2.24) is 25.1 Å². The molecule has 0 radical (unpaired) electrons. The van der Waals surface area contributed by atoms with E-state index in [2.05, 4.69) is 58.7 Å². The van der Waals surface area contributed by atoms with E-state index in [0.29, 0.717) is 18.1 Å². The topological polar surface area (TPSA) is 130 Å². The lowest BCUT2D eigenvalue weighted by atomic mass is 10.2. The molecule has 1 aliphatic heterocycles. The molecule has 11 nitrogen and oxygen atoms in total. The molecule has 1 aliphatic rings. The van der Waals surface area contributed by atoms with Gasteiger partial charge in [0.1, 0.15) is 27.7 Å². The van der Waals surface area contributed by atoms with Gasteiger partial charge < -0.3 is 9.88 Å². The van der Waals surface area contributed by atoms with Gasteiger partial charge in [-0.2, -0.15) is 5.10 Å². The number of aliphatic imine (C=N–C) groups is 1. The van der Waals surface area contributed by atoms with Crippen LogP contribution in [-0.4, -0.2) is 65.0 Å². The molecule has 0 amide bonds. The number of hydrogen-bond donors (Lipinski definition) is 2. The van der Waals surface area contributed by atoms with Crippen molar-refractivity contribution in [3.63, 3.8) is 0 Å². The van der Waals surface area contributed by atoms with E-state index in [-0.39, 0.29) is 12.3 Å². The van der Waals surface area contributed by atoms with Crippen molar-refractivity contribution < 1.29 is 8.42 Å². The maximum atomic E-state index is 11.3. The molecule has 0 saturated carbocycles. The van der Waals surface area contributed by atoms with E-state index < -0.39 is 9.84 Å². The van der Waals surface area contributed by atoms with Crippen molar-refractivity contribution in [2.75, 3.05) is 35.4 Å². The second-order valence-corrected chi connectivity index (χ2v) is 11.8. The van der Waals surface area contributed by atoms with Gasteiger partial charge in [0.05, 0.1) is 47.4 Å². The van der Waals surface area contributed by atoms with Gasteiger partial charge in [0.15, 0.2) is 0 Å². The number of aromatic nitrogens is 4. The summed E-state index contributed by atoms with van der Waals surface area (Å²) >= 11 is 0. The molecule has 202 valence electrons. The van der Waals surface area contributed by atoms with Gasteiger partial charge in [0, 0.05) is 30.1 Å². The highest BCUT2D eigenvalue weighted by atomic mass is 32.2. The Balaban J connectivity index is 1.18. The fourth-order valence-corrected chi connectivity index (χ4v) is 4.90. The van der Waals surface area contributed by atoms with Gasteiger partial charge in [-0.25, -0.2) is 28.9 Å². The molecule has 0 unspecified atom stereocenters. The monoisotopic (exact) mass is 553 g/mol. The number of anilines is 3. The zero-order chi connectivity index (χ0) is 27.5. The molecule has 2 aromatic heterocycles. The summed E-state index contributed by atoms with van der Waals surface area (Å²) in [4.78, 5) is 17.7. The van der Waals surface area contributed by atoms with Crippen LogP contribution in [0.25, 0.3) is 21.9 Å². The van der Waals surface area contributed by atoms with Crippen molar-refractivity contribution in [1.29, 1.82) is 0 Å². The molecule has 3 heterocycles. The van der Waals surface area contributed by atoms with Crippen LogP contribution in [0.1, 0.15) is 5.56 Å². The van der Waals surface area contributed by atoms with Gasteiger partial charge in [-0.15, -0.1) is 0 Å². The summed E-state index contributed by atoms with van der Waals surface area (Å²) in [5.41, 5.74) is 9.42. The summed E-state index contributed by atoms with van der Waals surface area (Å²) in [5, 5.41) is 10.5. The molecular formula is C28H27N9O2S. The van der Waals surface area contributed by atoms with E-state index in [1.807, 2.05) is 59.9 Å².